The number of imide groups is 1. The third-order valence-electron chi connectivity index (χ3n) is 6.57. The van der Waals surface area contributed by atoms with Gasteiger partial charge in [-0.3, -0.25) is 19.1 Å². The lowest BCUT2D eigenvalue weighted by molar-refractivity contribution is -0.255. The van der Waals surface area contributed by atoms with E-state index in [9.17, 15) is 23.7 Å². The molecule has 1 aromatic heterocycles. The number of nitrogens with zero attached hydrogens (tertiary/aromatic N) is 2. The van der Waals surface area contributed by atoms with Crippen molar-refractivity contribution < 1.29 is 42.7 Å². The van der Waals surface area contributed by atoms with Gasteiger partial charge in [-0.2, -0.15) is 0 Å². The summed E-state index contributed by atoms with van der Waals surface area (Å²) in [6.07, 6.45) is 0. The number of methoxy groups -OCH3 is 3. The van der Waals surface area contributed by atoms with Crippen LogP contribution in [0.5, 0.6) is 5.75 Å². The van der Waals surface area contributed by atoms with Gasteiger partial charge in [0.15, 0.2) is 10.8 Å². The van der Waals surface area contributed by atoms with Gasteiger partial charge in [0, 0.05) is 25.5 Å². The molecule has 13 nitrogen and oxygen atoms in total. The van der Waals surface area contributed by atoms with Crippen LogP contribution in [0.2, 0.25) is 0 Å². The molecule has 4 amide bonds. The van der Waals surface area contributed by atoms with Gasteiger partial charge >= 0.3 is 26.2 Å². The SMILES string of the molecule is COC(=O)c1csc(NC(=O)[C@H]([C@@H](C)c2ccccc2)N2C(=O)NC(c3ccc(OC(OC)(OC)[PH+]=O)cc3)C2=O)n1. The van der Waals surface area contributed by atoms with Crippen LogP contribution >= 0.6 is 19.8 Å². The number of carbonyl (C=O) groups excluding carboxylic acids is 4. The molecular formula is C27H28N4O9PS+. The second-order valence-corrected chi connectivity index (χ2v) is 10.7. The maximum Gasteiger partial charge on any atom is 0.539 e. The van der Waals surface area contributed by atoms with Crippen molar-refractivity contribution in [3.63, 3.8) is 0 Å². The fourth-order valence-corrected chi connectivity index (χ4v) is 5.36. The molecule has 1 saturated heterocycles. The summed E-state index contributed by atoms with van der Waals surface area (Å²) in [4.78, 5) is 57.4. The lowest BCUT2D eigenvalue weighted by Gasteiger charge is -2.29. The van der Waals surface area contributed by atoms with Crippen LogP contribution in [0.25, 0.3) is 0 Å². The Morgan fingerprint density at radius 1 is 1.07 bits per heavy atom. The van der Waals surface area contributed by atoms with Crippen molar-refractivity contribution in [2.24, 2.45) is 0 Å². The summed E-state index contributed by atoms with van der Waals surface area (Å²) in [7, 11) is 2.68. The molecule has 0 radical (unpaired) electrons. The molecule has 2 heterocycles. The average Bonchev–Trinajstić information content (AvgIpc) is 3.60. The molecule has 0 bridgehead atoms. The van der Waals surface area contributed by atoms with Gasteiger partial charge in [0.1, 0.15) is 17.8 Å². The molecule has 1 aliphatic rings. The minimum atomic E-state index is -1.79. The molecule has 0 aliphatic carbocycles. The van der Waals surface area contributed by atoms with E-state index in [0.717, 1.165) is 21.8 Å². The number of benzene rings is 2. The van der Waals surface area contributed by atoms with Gasteiger partial charge in [-0.25, -0.2) is 19.5 Å². The summed E-state index contributed by atoms with van der Waals surface area (Å²) >= 11 is 1.00. The maximum absolute atomic E-state index is 13.7. The fraction of sp³-hybridized carbons (Fsp3) is 0.296. The molecule has 2 N–H and O–H groups in total. The van der Waals surface area contributed by atoms with E-state index in [0.29, 0.717) is 5.56 Å². The molecule has 1 aliphatic heterocycles. The molecule has 3 aromatic rings. The molecular weight excluding hydrogens is 587 g/mol. The summed E-state index contributed by atoms with van der Waals surface area (Å²) in [6, 6.07) is 12.0. The Kier molecular flexibility index (Phi) is 9.63. The predicted molar refractivity (Wildman–Crippen MR) is 152 cm³/mol. The van der Waals surface area contributed by atoms with Crippen molar-refractivity contribution in [1.82, 2.24) is 15.2 Å². The largest absolute Gasteiger partial charge is 0.539 e. The summed E-state index contributed by atoms with van der Waals surface area (Å²) in [6.45, 7) is 1.73. The van der Waals surface area contributed by atoms with E-state index in [1.165, 1.54) is 38.8 Å². The van der Waals surface area contributed by atoms with Crippen molar-refractivity contribution in [2.45, 2.75) is 30.6 Å². The van der Waals surface area contributed by atoms with Crippen LogP contribution < -0.4 is 15.4 Å². The molecule has 220 valence electrons. The van der Waals surface area contributed by atoms with Gasteiger partial charge in [-0.05, 0) is 23.3 Å². The molecule has 0 saturated carbocycles. The van der Waals surface area contributed by atoms with Gasteiger partial charge in [0.2, 0.25) is 5.91 Å². The Labute approximate surface area is 246 Å². The standard InChI is InChI=1S/C27H27N4O9PS/c1-15(16-8-6-5-7-9-16)21(22(32)30-25-28-19(14-42-25)24(34)37-2)31-23(33)20(29-26(31)35)17-10-12-18(13-11-17)40-27(38-3,39-4)41-36/h5-15,20-21H,1-4H3,(H,29,35)(H,28,30,32)/p+1/t15-,20?,21-/m0/s1. The van der Waals surface area contributed by atoms with Crippen LogP contribution in [0.4, 0.5) is 9.93 Å². The second kappa shape index (κ2) is 13.2. The number of urea groups is 1. The number of nitrogens with one attached hydrogen (secondary N) is 2. The zero-order valence-electron chi connectivity index (χ0n) is 23.0. The highest BCUT2D eigenvalue weighted by Crippen LogP contribution is 2.33. The molecule has 0 spiro atoms. The van der Waals surface area contributed by atoms with Crippen LogP contribution in [-0.2, 0) is 28.4 Å². The number of thiazole rings is 1. The zero-order valence-corrected chi connectivity index (χ0v) is 24.8. The molecule has 15 heteroatoms. The summed E-state index contributed by atoms with van der Waals surface area (Å²) in [5.41, 5.74) is -0.644. The monoisotopic (exact) mass is 615 g/mol. The summed E-state index contributed by atoms with van der Waals surface area (Å²) in [5.74, 6) is -2.35. The van der Waals surface area contributed by atoms with Crippen molar-refractivity contribution >= 4 is 48.7 Å². The van der Waals surface area contributed by atoms with E-state index in [2.05, 4.69) is 20.4 Å². The van der Waals surface area contributed by atoms with E-state index < -0.39 is 56.0 Å². The molecule has 1 fully saturated rings. The zero-order chi connectivity index (χ0) is 30.4. The maximum atomic E-state index is 13.7. The van der Waals surface area contributed by atoms with Crippen molar-refractivity contribution in [1.29, 1.82) is 0 Å². The number of hydrogen-bond acceptors (Lipinski definition) is 11. The number of ether oxygens (including phenoxy) is 4. The Bertz CT molecular complexity index is 1460. The number of amides is 4. The van der Waals surface area contributed by atoms with E-state index >= 15 is 0 Å². The van der Waals surface area contributed by atoms with E-state index in [1.54, 1.807) is 43.3 Å². The highest BCUT2D eigenvalue weighted by molar-refractivity contribution is 7.25. The summed E-state index contributed by atoms with van der Waals surface area (Å²) < 4.78 is 31.9. The Morgan fingerprint density at radius 2 is 1.74 bits per heavy atom. The topological polar surface area (TPSA) is 162 Å². The minimum Gasteiger partial charge on any atom is -0.464 e. The fourth-order valence-electron chi connectivity index (χ4n) is 4.35. The first kappa shape index (κ1) is 30.7. The quantitative estimate of drug-likeness (QED) is 0.133. The Balaban J connectivity index is 1.61. The van der Waals surface area contributed by atoms with Gasteiger partial charge in [-0.1, -0.05) is 54.0 Å². The number of rotatable bonds is 12. The van der Waals surface area contributed by atoms with Crippen molar-refractivity contribution in [2.75, 3.05) is 26.6 Å². The van der Waals surface area contributed by atoms with Crippen molar-refractivity contribution in [3.05, 3.63) is 76.8 Å². The highest BCUT2D eigenvalue weighted by Gasteiger charge is 2.48. The van der Waals surface area contributed by atoms with Gasteiger partial charge in [0.25, 0.3) is 5.91 Å². The highest BCUT2D eigenvalue weighted by atomic mass is 32.1. The van der Waals surface area contributed by atoms with Crippen LogP contribution in [-0.4, -0.2) is 66.8 Å². The van der Waals surface area contributed by atoms with Crippen LogP contribution in [0.3, 0.4) is 0 Å². The van der Waals surface area contributed by atoms with E-state index in [1.807, 2.05) is 6.07 Å². The molecule has 2 aromatic carbocycles. The second-order valence-electron chi connectivity index (χ2n) is 8.99. The number of carbonyl (C=O) groups is 4. The molecule has 4 atom stereocenters. The number of aromatic nitrogens is 1. The molecule has 4 rings (SSSR count). The third-order valence-corrected chi connectivity index (χ3v) is 8.09. The Morgan fingerprint density at radius 3 is 2.33 bits per heavy atom. The third kappa shape index (κ3) is 6.31. The van der Waals surface area contributed by atoms with Gasteiger partial charge in [-0.15, -0.1) is 11.3 Å². The number of esters is 1. The molecule has 2 unspecified atom stereocenters. The van der Waals surface area contributed by atoms with Gasteiger partial charge < -0.3 is 20.1 Å². The van der Waals surface area contributed by atoms with Crippen LogP contribution in [0.15, 0.2) is 60.0 Å². The van der Waals surface area contributed by atoms with Crippen LogP contribution in [0.1, 0.15) is 40.5 Å². The first-order valence-corrected chi connectivity index (χ1v) is 14.3. The van der Waals surface area contributed by atoms with E-state index in [4.69, 9.17) is 14.2 Å². The number of anilines is 1. The first-order chi connectivity index (χ1) is 20.2. The molecule has 42 heavy (non-hydrogen) atoms. The normalized spacial score (nSPS) is 16.6. The predicted octanol–water partition coefficient (Wildman–Crippen LogP) is 3.64. The lowest BCUT2D eigenvalue weighted by atomic mass is 9.91. The average molecular weight is 616 g/mol. The smallest absolute Gasteiger partial charge is 0.464 e. The first-order valence-electron chi connectivity index (χ1n) is 12.5. The Hall–Kier alpha value is -4.23. The lowest BCUT2D eigenvalue weighted by Crippen LogP contribution is -2.50. The van der Waals surface area contributed by atoms with E-state index in [-0.39, 0.29) is 16.6 Å². The summed E-state index contributed by atoms with van der Waals surface area (Å²) in [5, 5.41) is 6.81. The minimum absolute atomic E-state index is 0.0110. The van der Waals surface area contributed by atoms with Gasteiger partial charge in [0.05, 0.1) is 7.11 Å². The van der Waals surface area contributed by atoms with Crippen LogP contribution in [0, 0.1) is 0 Å². The van der Waals surface area contributed by atoms with Crippen molar-refractivity contribution in [3.8, 4) is 5.75 Å². The number of hydrogen-bond donors (Lipinski definition) is 2.